The standard InChI is InChI=1S/C16H26N2O2/c1-6-20-15(19)16(4,17)9-10-18(5)14-8-7-12(2)11-13(14)3/h7-8,11H,6,9-10,17H2,1-5H3. The summed E-state index contributed by atoms with van der Waals surface area (Å²) in [5.41, 5.74) is 8.72. The molecule has 112 valence electrons. The van der Waals surface area contributed by atoms with Gasteiger partial charge in [0.15, 0.2) is 0 Å². The minimum atomic E-state index is -0.942. The van der Waals surface area contributed by atoms with Crippen LogP contribution in [0.3, 0.4) is 0 Å². The second-order valence-electron chi connectivity index (χ2n) is 5.60. The Morgan fingerprint density at radius 3 is 2.60 bits per heavy atom. The van der Waals surface area contributed by atoms with E-state index in [9.17, 15) is 4.79 Å². The molecule has 0 radical (unpaired) electrons. The molecule has 20 heavy (non-hydrogen) atoms. The highest BCUT2D eigenvalue weighted by Gasteiger charge is 2.30. The second kappa shape index (κ2) is 6.75. The zero-order valence-corrected chi connectivity index (χ0v) is 13.2. The first-order chi connectivity index (χ1) is 9.27. The fraction of sp³-hybridized carbons (Fsp3) is 0.562. The Labute approximate surface area is 121 Å². The van der Waals surface area contributed by atoms with Gasteiger partial charge in [-0.05, 0) is 45.7 Å². The average molecular weight is 278 g/mol. The number of nitrogens with zero attached hydrogens (tertiary/aromatic N) is 1. The number of aryl methyl sites for hydroxylation is 2. The smallest absolute Gasteiger partial charge is 0.325 e. The van der Waals surface area contributed by atoms with Crippen LogP contribution in [0.5, 0.6) is 0 Å². The minimum absolute atomic E-state index is 0.339. The van der Waals surface area contributed by atoms with Crippen LogP contribution in [0.2, 0.25) is 0 Å². The Balaban J connectivity index is 2.67. The Morgan fingerprint density at radius 2 is 2.05 bits per heavy atom. The first-order valence-corrected chi connectivity index (χ1v) is 7.02. The van der Waals surface area contributed by atoms with Crippen molar-refractivity contribution in [2.24, 2.45) is 5.73 Å². The largest absolute Gasteiger partial charge is 0.465 e. The van der Waals surface area contributed by atoms with Crippen molar-refractivity contribution >= 4 is 11.7 Å². The maximum absolute atomic E-state index is 11.8. The van der Waals surface area contributed by atoms with Crippen molar-refractivity contribution in [3.63, 3.8) is 0 Å². The summed E-state index contributed by atoms with van der Waals surface area (Å²) in [5, 5.41) is 0. The van der Waals surface area contributed by atoms with Gasteiger partial charge in [-0.25, -0.2) is 0 Å². The Kier molecular flexibility index (Phi) is 5.57. The highest BCUT2D eigenvalue weighted by molar-refractivity contribution is 5.80. The molecule has 0 aliphatic heterocycles. The first-order valence-electron chi connectivity index (χ1n) is 7.02. The number of benzene rings is 1. The topological polar surface area (TPSA) is 55.6 Å². The molecule has 0 spiro atoms. The van der Waals surface area contributed by atoms with Crippen LogP contribution in [0.4, 0.5) is 5.69 Å². The molecule has 1 atom stereocenters. The fourth-order valence-electron chi connectivity index (χ4n) is 2.15. The second-order valence-corrected chi connectivity index (χ2v) is 5.60. The third kappa shape index (κ3) is 4.23. The summed E-state index contributed by atoms with van der Waals surface area (Å²) in [6, 6.07) is 6.34. The van der Waals surface area contributed by atoms with Crippen LogP contribution in [0.25, 0.3) is 0 Å². The molecule has 4 heteroatoms. The summed E-state index contributed by atoms with van der Waals surface area (Å²) < 4.78 is 5.00. The lowest BCUT2D eigenvalue weighted by molar-refractivity contribution is -0.149. The summed E-state index contributed by atoms with van der Waals surface area (Å²) in [4.78, 5) is 13.9. The van der Waals surface area contributed by atoms with E-state index in [0.717, 1.165) is 5.69 Å². The van der Waals surface area contributed by atoms with Crippen LogP contribution in [-0.4, -0.2) is 31.7 Å². The third-order valence-electron chi connectivity index (χ3n) is 3.47. The molecule has 4 nitrogen and oxygen atoms in total. The van der Waals surface area contributed by atoms with E-state index in [-0.39, 0.29) is 5.97 Å². The number of carbonyl (C=O) groups is 1. The highest BCUT2D eigenvalue weighted by Crippen LogP contribution is 2.21. The third-order valence-corrected chi connectivity index (χ3v) is 3.47. The van der Waals surface area contributed by atoms with Crippen LogP contribution in [0.1, 0.15) is 31.4 Å². The van der Waals surface area contributed by atoms with Crippen molar-refractivity contribution in [2.45, 2.75) is 39.7 Å². The number of hydrogen-bond acceptors (Lipinski definition) is 4. The maximum Gasteiger partial charge on any atom is 0.325 e. The number of esters is 1. The molecule has 0 aliphatic rings. The molecule has 1 rings (SSSR count). The number of anilines is 1. The van der Waals surface area contributed by atoms with Crippen LogP contribution < -0.4 is 10.6 Å². The van der Waals surface area contributed by atoms with Gasteiger partial charge in [-0.3, -0.25) is 4.79 Å². The molecule has 1 aromatic rings. The van der Waals surface area contributed by atoms with E-state index in [1.807, 2.05) is 7.05 Å². The molecule has 0 saturated heterocycles. The summed E-state index contributed by atoms with van der Waals surface area (Å²) in [6.45, 7) is 8.74. The molecule has 0 heterocycles. The van der Waals surface area contributed by atoms with Crippen LogP contribution >= 0.6 is 0 Å². The van der Waals surface area contributed by atoms with E-state index in [0.29, 0.717) is 19.6 Å². The van der Waals surface area contributed by atoms with Crippen molar-refractivity contribution in [1.82, 2.24) is 0 Å². The molecule has 1 aromatic carbocycles. The summed E-state index contributed by atoms with van der Waals surface area (Å²) in [5.74, 6) is -0.339. The lowest BCUT2D eigenvalue weighted by atomic mass is 9.99. The van der Waals surface area contributed by atoms with Gasteiger partial charge in [-0.15, -0.1) is 0 Å². The van der Waals surface area contributed by atoms with E-state index >= 15 is 0 Å². The molecule has 0 bridgehead atoms. The van der Waals surface area contributed by atoms with E-state index < -0.39 is 5.54 Å². The van der Waals surface area contributed by atoms with E-state index in [2.05, 4.69) is 36.9 Å². The van der Waals surface area contributed by atoms with Gasteiger partial charge in [0.25, 0.3) is 0 Å². The summed E-state index contributed by atoms with van der Waals surface area (Å²) >= 11 is 0. The van der Waals surface area contributed by atoms with Gasteiger partial charge < -0.3 is 15.4 Å². The van der Waals surface area contributed by atoms with Crippen LogP contribution in [-0.2, 0) is 9.53 Å². The predicted molar refractivity (Wildman–Crippen MR) is 83.0 cm³/mol. The van der Waals surface area contributed by atoms with Gasteiger partial charge in [0.05, 0.1) is 6.61 Å². The summed E-state index contributed by atoms with van der Waals surface area (Å²) in [6.07, 6.45) is 0.551. The lowest BCUT2D eigenvalue weighted by Crippen LogP contribution is -2.48. The highest BCUT2D eigenvalue weighted by atomic mass is 16.5. The average Bonchev–Trinajstić information content (AvgIpc) is 2.36. The molecule has 0 saturated carbocycles. The van der Waals surface area contributed by atoms with Gasteiger partial charge in [-0.1, -0.05) is 17.7 Å². The monoisotopic (exact) mass is 278 g/mol. The quantitative estimate of drug-likeness (QED) is 0.812. The van der Waals surface area contributed by atoms with Crippen molar-refractivity contribution < 1.29 is 9.53 Å². The Hall–Kier alpha value is -1.55. The van der Waals surface area contributed by atoms with Crippen molar-refractivity contribution in [1.29, 1.82) is 0 Å². The minimum Gasteiger partial charge on any atom is -0.465 e. The van der Waals surface area contributed by atoms with E-state index in [4.69, 9.17) is 10.5 Å². The first kappa shape index (κ1) is 16.5. The normalized spacial score (nSPS) is 13.7. The molecule has 1 unspecified atom stereocenters. The van der Waals surface area contributed by atoms with Crippen molar-refractivity contribution in [2.75, 3.05) is 25.1 Å². The van der Waals surface area contributed by atoms with Crippen molar-refractivity contribution in [3.8, 4) is 0 Å². The summed E-state index contributed by atoms with van der Waals surface area (Å²) in [7, 11) is 2.01. The number of hydrogen-bond donors (Lipinski definition) is 1. The van der Waals surface area contributed by atoms with Crippen LogP contribution in [0, 0.1) is 13.8 Å². The number of rotatable bonds is 6. The van der Waals surface area contributed by atoms with Crippen LogP contribution in [0.15, 0.2) is 18.2 Å². The van der Waals surface area contributed by atoms with Gasteiger partial charge in [-0.2, -0.15) is 0 Å². The Morgan fingerprint density at radius 1 is 1.40 bits per heavy atom. The van der Waals surface area contributed by atoms with Gasteiger partial charge >= 0.3 is 5.97 Å². The molecule has 0 aliphatic carbocycles. The van der Waals surface area contributed by atoms with E-state index in [1.54, 1.807) is 13.8 Å². The molecular formula is C16H26N2O2. The predicted octanol–water partition coefficient (Wildman–Crippen LogP) is 2.41. The van der Waals surface area contributed by atoms with Crippen molar-refractivity contribution in [3.05, 3.63) is 29.3 Å². The number of nitrogens with two attached hydrogens (primary N) is 1. The van der Waals surface area contributed by atoms with Gasteiger partial charge in [0.1, 0.15) is 5.54 Å². The maximum atomic E-state index is 11.8. The number of carbonyl (C=O) groups excluding carboxylic acids is 1. The van der Waals surface area contributed by atoms with E-state index in [1.165, 1.54) is 11.1 Å². The van der Waals surface area contributed by atoms with Gasteiger partial charge in [0, 0.05) is 19.3 Å². The molecular weight excluding hydrogens is 252 g/mol. The molecule has 0 fully saturated rings. The lowest BCUT2D eigenvalue weighted by Gasteiger charge is -2.27. The molecule has 0 aromatic heterocycles. The number of ether oxygens (including phenoxy) is 1. The SMILES string of the molecule is CCOC(=O)C(C)(N)CCN(C)c1ccc(C)cc1C. The Bertz CT molecular complexity index is 470. The molecule has 0 amide bonds. The zero-order valence-electron chi connectivity index (χ0n) is 13.2. The zero-order chi connectivity index (χ0) is 15.3. The fourth-order valence-corrected chi connectivity index (χ4v) is 2.15. The molecule has 2 N–H and O–H groups in total. The van der Waals surface area contributed by atoms with Gasteiger partial charge in [0.2, 0.25) is 0 Å².